The zero-order valence-corrected chi connectivity index (χ0v) is 20.2. The number of pyridine rings is 1. The van der Waals surface area contributed by atoms with Crippen LogP contribution in [0, 0.1) is 11.7 Å². The summed E-state index contributed by atoms with van der Waals surface area (Å²) < 4.78 is 23.2. The topological polar surface area (TPSA) is 143 Å². The summed E-state index contributed by atoms with van der Waals surface area (Å²) >= 11 is 0. The average Bonchev–Trinajstić information content (AvgIpc) is 3.59. The largest absolute Gasteiger partial charge is 0.506 e. The number of hydrogen-bond donors (Lipinski definition) is 4. The minimum atomic E-state index is -0.756. The molecule has 12 heteroatoms. The van der Waals surface area contributed by atoms with Crippen molar-refractivity contribution in [2.45, 2.75) is 12.8 Å². The van der Waals surface area contributed by atoms with Gasteiger partial charge in [-0.15, -0.1) is 0 Å². The highest BCUT2D eigenvalue weighted by molar-refractivity contribution is 6.04. The number of hydrogen-bond acceptors (Lipinski definition) is 6. The van der Waals surface area contributed by atoms with E-state index in [9.17, 15) is 23.9 Å². The van der Waals surface area contributed by atoms with Crippen molar-refractivity contribution in [2.24, 2.45) is 5.92 Å². The highest BCUT2D eigenvalue weighted by Gasteiger charge is 2.30. The summed E-state index contributed by atoms with van der Waals surface area (Å²) in [7, 11) is 0. The number of ether oxygens (including phenoxy) is 1. The maximum atomic E-state index is 14.8. The van der Waals surface area contributed by atoms with Crippen molar-refractivity contribution in [3.63, 3.8) is 0 Å². The van der Waals surface area contributed by atoms with Crippen LogP contribution in [0.3, 0.4) is 0 Å². The average molecular weight is 529 g/mol. The number of nitrogens with zero attached hydrogens (tertiary/aromatic N) is 3. The summed E-state index contributed by atoms with van der Waals surface area (Å²) in [5.74, 6) is -0.975. The van der Waals surface area contributed by atoms with Gasteiger partial charge < -0.3 is 24.9 Å². The first kappa shape index (κ1) is 24.0. The summed E-state index contributed by atoms with van der Waals surface area (Å²) in [6.07, 6.45) is 6.22. The van der Waals surface area contributed by atoms with Gasteiger partial charge >= 0.3 is 0 Å². The number of nitrogens with one attached hydrogen (secondary N) is 3. The fourth-order valence-corrected chi connectivity index (χ4v) is 4.02. The Morgan fingerprint density at radius 1 is 1.08 bits per heavy atom. The Morgan fingerprint density at radius 2 is 1.90 bits per heavy atom. The van der Waals surface area contributed by atoms with E-state index in [0.29, 0.717) is 17.2 Å². The predicted octanol–water partition coefficient (Wildman–Crippen LogP) is 4.05. The molecule has 2 aromatic carbocycles. The lowest BCUT2D eigenvalue weighted by Gasteiger charge is -2.09. The van der Waals surface area contributed by atoms with E-state index in [-0.39, 0.29) is 40.3 Å². The van der Waals surface area contributed by atoms with Gasteiger partial charge in [0, 0.05) is 23.9 Å². The van der Waals surface area contributed by atoms with E-state index >= 15 is 0 Å². The Bertz CT molecular complexity index is 1800. The van der Waals surface area contributed by atoms with Crippen molar-refractivity contribution < 1.29 is 23.8 Å². The number of aromatic hydroxyl groups is 1. The summed E-state index contributed by atoms with van der Waals surface area (Å²) in [5.41, 5.74) is -0.0268. The number of phenols is 1. The molecule has 0 aliphatic heterocycles. The number of fused-ring (bicyclic) bond motifs is 1. The van der Waals surface area contributed by atoms with Crippen LogP contribution >= 0.6 is 0 Å². The first-order chi connectivity index (χ1) is 18.9. The van der Waals surface area contributed by atoms with Gasteiger partial charge in [-0.1, -0.05) is 12.1 Å². The summed E-state index contributed by atoms with van der Waals surface area (Å²) in [4.78, 5) is 41.7. The second kappa shape index (κ2) is 9.49. The van der Waals surface area contributed by atoms with Gasteiger partial charge in [-0.2, -0.15) is 0 Å². The molecule has 1 saturated carbocycles. The van der Waals surface area contributed by atoms with E-state index in [1.165, 1.54) is 30.5 Å². The van der Waals surface area contributed by atoms with Gasteiger partial charge in [0.25, 0.3) is 11.5 Å². The van der Waals surface area contributed by atoms with Crippen molar-refractivity contribution in [1.29, 1.82) is 0 Å². The van der Waals surface area contributed by atoms with Crippen LogP contribution in [-0.2, 0) is 4.79 Å². The van der Waals surface area contributed by atoms with Crippen LogP contribution < -0.4 is 20.9 Å². The number of anilines is 2. The van der Waals surface area contributed by atoms with Crippen LogP contribution in [0.15, 0.2) is 78.0 Å². The smallest absolute Gasteiger partial charge is 0.284 e. The predicted molar refractivity (Wildman–Crippen MR) is 139 cm³/mol. The van der Waals surface area contributed by atoms with Crippen molar-refractivity contribution in [1.82, 2.24) is 19.2 Å². The number of benzene rings is 2. The van der Waals surface area contributed by atoms with E-state index in [1.807, 2.05) is 0 Å². The van der Waals surface area contributed by atoms with Gasteiger partial charge in [0.15, 0.2) is 17.4 Å². The first-order valence-electron chi connectivity index (χ1n) is 12.0. The number of rotatable bonds is 7. The van der Waals surface area contributed by atoms with Gasteiger partial charge in [0.1, 0.15) is 28.4 Å². The zero-order valence-electron chi connectivity index (χ0n) is 20.2. The lowest BCUT2D eigenvalue weighted by Crippen LogP contribution is -2.24. The van der Waals surface area contributed by atoms with Crippen molar-refractivity contribution >= 4 is 29.0 Å². The second-order valence-electron chi connectivity index (χ2n) is 9.04. The molecule has 2 amide bonds. The monoisotopic (exact) mass is 528 g/mol. The minimum Gasteiger partial charge on any atom is -0.506 e. The molecule has 4 N–H and O–H groups in total. The van der Waals surface area contributed by atoms with Gasteiger partial charge in [0.05, 0.1) is 12.4 Å². The number of aromatic amines is 1. The van der Waals surface area contributed by atoms with Crippen LogP contribution in [0.2, 0.25) is 0 Å². The lowest BCUT2D eigenvalue weighted by molar-refractivity contribution is -0.117. The van der Waals surface area contributed by atoms with Crippen molar-refractivity contribution in [3.05, 3.63) is 94.9 Å². The molecule has 3 aromatic heterocycles. The van der Waals surface area contributed by atoms with Crippen LogP contribution in [0.25, 0.3) is 11.3 Å². The fourth-order valence-electron chi connectivity index (χ4n) is 4.02. The molecule has 39 heavy (non-hydrogen) atoms. The first-order valence-corrected chi connectivity index (χ1v) is 12.0. The van der Waals surface area contributed by atoms with Crippen LogP contribution in [0.1, 0.15) is 23.2 Å². The Hall–Kier alpha value is -5.39. The molecule has 0 radical (unpaired) electrons. The number of para-hydroxylation sites is 2. The molecule has 1 fully saturated rings. The van der Waals surface area contributed by atoms with E-state index in [0.717, 1.165) is 23.6 Å². The highest BCUT2D eigenvalue weighted by atomic mass is 19.1. The van der Waals surface area contributed by atoms with Crippen LogP contribution in [-0.4, -0.2) is 36.1 Å². The third-order valence-corrected chi connectivity index (χ3v) is 6.18. The molecule has 0 bridgehead atoms. The summed E-state index contributed by atoms with van der Waals surface area (Å²) in [6, 6.07) is 13.3. The quantitative estimate of drug-likeness (QED) is 0.251. The van der Waals surface area contributed by atoms with Gasteiger partial charge in [0.2, 0.25) is 5.91 Å². The van der Waals surface area contributed by atoms with Gasteiger partial charge in [-0.3, -0.25) is 19.5 Å². The van der Waals surface area contributed by atoms with Crippen molar-refractivity contribution in [2.75, 3.05) is 10.6 Å². The number of carbonyl (C=O) groups excluding carboxylic acids is 2. The molecular formula is C27H21FN6O5. The van der Waals surface area contributed by atoms with Gasteiger partial charge in [-0.05, 0) is 49.2 Å². The molecule has 11 nitrogen and oxygen atoms in total. The number of phenolic OH excluding ortho intramolecular Hbond substituents is 1. The third-order valence-electron chi connectivity index (χ3n) is 6.18. The highest BCUT2D eigenvalue weighted by Crippen LogP contribution is 2.31. The van der Waals surface area contributed by atoms with Crippen LogP contribution in [0.4, 0.5) is 15.9 Å². The van der Waals surface area contributed by atoms with Crippen molar-refractivity contribution in [3.8, 4) is 22.9 Å². The number of amides is 2. The van der Waals surface area contributed by atoms with Crippen LogP contribution in [0.5, 0.6) is 17.2 Å². The number of carbonyl (C=O) groups is 2. The molecule has 0 spiro atoms. The summed E-state index contributed by atoms with van der Waals surface area (Å²) in [6.45, 7) is 0. The molecule has 196 valence electrons. The Labute approximate surface area is 219 Å². The molecule has 1 aliphatic rings. The number of aromatic nitrogens is 4. The van der Waals surface area contributed by atoms with Gasteiger partial charge in [-0.25, -0.2) is 14.1 Å². The molecule has 5 aromatic rings. The summed E-state index contributed by atoms with van der Waals surface area (Å²) in [5, 5.41) is 17.9. The van der Waals surface area contributed by atoms with E-state index in [4.69, 9.17) is 4.74 Å². The number of H-pyrrole nitrogens is 1. The Morgan fingerprint density at radius 3 is 2.67 bits per heavy atom. The normalized spacial score (nSPS) is 12.8. The zero-order chi connectivity index (χ0) is 27.1. The minimum absolute atomic E-state index is 0.0509. The molecule has 1 aliphatic carbocycles. The molecule has 0 saturated heterocycles. The SMILES string of the molecule is O=C(Nc1ccc(Oc2ccc3nc(NC(=O)C4CC4)cn3c2)c(F)c1)c1c[nH]n(-c2ccccc2O)c1=O. The molecule has 6 rings (SSSR count). The van der Waals surface area contributed by atoms with E-state index in [1.54, 1.807) is 41.1 Å². The Kier molecular flexibility index (Phi) is 5.83. The molecule has 3 heterocycles. The maximum absolute atomic E-state index is 14.8. The molecule has 0 unspecified atom stereocenters. The number of imidazole rings is 1. The van der Waals surface area contributed by atoms with E-state index in [2.05, 4.69) is 20.7 Å². The lowest BCUT2D eigenvalue weighted by atomic mass is 10.2. The maximum Gasteiger partial charge on any atom is 0.284 e. The number of halogens is 1. The Balaban J connectivity index is 1.15. The molecular weight excluding hydrogens is 507 g/mol. The fraction of sp³-hybridized carbons (Fsp3) is 0.111. The second-order valence-corrected chi connectivity index (χ2v) is 9.04. The third kappa shape index (κ3) is 4.82. The standard InChI is InChI=1S/C27H21FN6O5/c28-19-11-16(30-26(37)18-12-29-34(27(18)38)20-3-1-2-4-21(20)35)7-9-22(19)39-17-8-10-24-31-23(14-33(24)13-17)32-25(36)15-5-6-15/h1-4,7-15,29,35H,5-6H2,(H,30,37)(H,32,36). The van der Waals surface area contributed by atoms with E-state index < -0.39 is 17.3 Å². The molecule has 0 atom stereocenters.